The molecule has 2 heterocycles. The molecule has 0 aromatic carbocycles. The first-order valence-corrected chi connectivity index (χ1v) is 7.25. The summed E-state index contributed by atoms with van der Waals surface area (Å²) in [5.41, 5.74) is -0.767. The summed E-state index contributed by atoms with van der Waals surface area (Å²) >= 11 is 0. The molecule has 5 heteroatoms. The molecule has 0 saturated carbocycles. The molecular weight excluding hydrogens is 242 g/mol. The molecule has 0 bridgehead atoms. The van der Waals surface area contributed by atoms with Crippen molar-refractivity contribution in [3.63, 3.8) is 0 Å². The molecule has 2 rings (SSSR count). The van der Waals surface area contributed by atoms with Crippen LogP contribution in [0.2, 0.25) is 0 Å². The van der Waals surface area contributed by atoms with Crippen molar-refractivity contribution in [2.45, 2.75) is 39.2 Å². The Hall–Kier alpha value is -1.10. The summed E-state index contributed by atoms with van der Waals surface area (Å²) in [5.74, 6) is 0.573. The Morgan fingerprint density at radius 2 is 2.05 bits per heavy atom. The standard InChI is InChI=1S/C14H25N3O2/c1-4-16-7-5-11(9-16)10-17-8-6-12(18)15-14(2,3)13(17)19/h11H,4-10H2,1-3H3,(H,15,18). The first-order valence-electron chi connectivity index (χ1n) is 7.25. The summed E-state index contributed by atoms with van der Waals surface area (Å²) < 4.78 is 0. The van der Waals surface area contributed by atoms with Crippen LogP contribution >= 0.6 is 0 Å². The van der Waals surface area contributed by atoms with Gasteiger partial charge in [-0.25, -0.2) is 0 Å². The van der Waals surface area contributed by atoms with Gasteiger partial charge in [-0.3, -0.25) is 9.59 Å². The van der Waals surface area contributed by atoms with Crippen molar-refractivity contribution in [1.29, 1.82) is 0 Å². The highest BCUT2D eigenvalue weighted by Gasteiger charge is 2.37. The minimum atomic E-state index is -0.767. The van der Waals surface area contributed by atoms with Crippen LogP contribution in [0.25, 0.3) is 0 Å². The van der Waals surface area contributed by atoms with E-state index in [2.05, 4.69) is 17.1 Å². The minimum Gasteiger partial charge on any atom is -0.342 e. The van der Waals surface area contributed by atoms with Crippen molar-refractivity contribution in [2.75, 3.05) is 32.7 Å². The lowest BCUT2D eigenvalue weighted by Crippen LogP contribution is -2.53. The van der Waals surface area contributed by atoms with Crippen LogP contribution in [0.5, 0.6) is 0 Å². The van der Waals surface area contributed by atoms with Crippen LogP contribution in [0.1, 0.15) is 33.6 Å². The van der Waals surface area contributed by atoms with Crippen molar-refractivity contribution in [1.82, 2.24) is 15.1 Å². The molecular formula is C14H25N3O2. The number of hydrogen-bond acceptors (Lipinski definition) is 3. The van der Waals surface area contributed by atoms with Gasteiger partial charge in [0.15, 0.2) is 0 Å². The van der Waals surface area contributed by atoms with Gasteiger partial charge in [-0.1, -0.05) is 6.92 Å². The van der Waals surface area contributed by atoms with Gasteiger partial charge in [-0.15, -0.1) is 0 Å². The number of amides is 2. The Labute approximate surface area is 115 Å². The first-order chi connectivity index (χ1) is 8.92. The predicted octanol–water partition coefficient (Wildman–Crippen LogP) is 0.455. The maximum atomic E-state index is 12.4. The predicted molar refractivity (Wildman–Crippen MR) is 73.6 cm³/mol. The van der Waals surface area contributed by atoms with E-state index in [0.29, 0.717) is 18.9 Å². The van der Waals surface area contributed by atoms with E-state index in [1.54, 1.807) is 13.8 Å². The monoisotopic (exact) mass is 267 g/mol. The number of nitrogens with zero attached hydrogens (tertiary/aromatic N) is 2. The number of carbonyl (C=O) groups is 2. The minimum absolute atomic E-state index is 0.0255. The molecule has 0 spiro atoms. The van der Waals surface area contributed by atoms with E-state index in [1.165, 1.54) is 0 Å². The molecule has 2 aliphatic rings. The summed E-state index contributed by atoms with van der Waals surface area (Å²) in [6, 6.07) is 0. The SMILES string of the molecule is CCN1CCC(CN2CCC(=O)NC(C)(C)C2=O)C1. The van der Waals surface area contributed by atoms with Gasteiger partial charge >= 0.3 is 0 Å². The molecule has 0 aromatic rings. The molecule has 1 N–H and O–H groups in total. The van der Waals surface area contributed by atoms with Crippen LogP contribution in [-0.4, -0.2) is 59.9 Å². The summed E-state index contributed by atoms with van der Waals surface area (Å²) in [5, 5.41) is 2.80. The van der Waals surface area contributed by atoms with Gasteiger partial charge in [-0.05, 0) is 39.3 Å². The fourth-order valence-corrected chi connectivity index (χ4v) is 3.03. The fraction of sp³-hybridized carbons (Fsp3) is 0.857. The third-order valence-electron chi connectivity index (χ3n) is 4.18. The highest BCUT2D eigenvalue weighted by molar-refractivity contribution is 5.92. The van der Waals surface area contributed by atoms with Crippen molar-refractivity contribution in [2.24, 2.45) is 5.92 Å². The van der Waals surface area contributed by atoms with Crippen molar-refractivity contribution < 1.29 is 9.59 Å². The molecule has 0 aliphatic carbocycles. The molecule has 1 unspecified atom stereocenters. The fourth-order valence-electron chi connectivity index (χ4n) is 3.03. The highest BCUT2D eigenvalue weighted by Crippen LogP contribution is 2.20. The molecule has 0 aromatic heterocycles. The number of rotatable bonds is 3. The van der Waals surface area contributed by atoms with Crippen molar-refractivity contribution in [3.05, 3.63) is 0 Å². The second kappa shape index (κ2) is 5.49. The maximum absolute atomic E-state index is 12.4. The molecule has 19 heavy (non-hydrogen) atoms. The van der Waals surface area contributed by atoms with E-state index in [9.17, 15) is 9.59 Å². The quantitative estimate of drug-likeness (QED) is 0.808. The van der Waals surface area contributed by atoms with E-state index in [0.717, 1.165) is 32.6 Å². The van der Waals surface area contributed by atoms with Gasteiger partial charge in [0, 0.05) is 26.1 Å². The summed E-state index contributed by atoms with van der Waals surface area (Å²) in [6.07, 6.45) is 1.57. The van der Waals surface area contributed by atoms with Crippen LogP contribution in [0, 0.1) is 5.92 Å². The van der Waals surface area contributed by atoms with Gasteiger partial charge in [0.05, 0.1) is 0 Å². The Morgan fingerprint density at radius 1 is 1.32 bits per heavy atom. The van der Waals surface area contributed by atoms with Gasteiger partial charge in [0.25, 0.3) is 0 Å². The third kappa shape index (κ3) is 3.26. The van der Waals surface area contributed by atoms with Crippen LogP contribution in [0.15, 0.2) is 0 Å². The molecule has 1 atom stereocenters. The van der Waals surface area contributed by atoms with E-state index in [-0.39, 0.29) is 11.8 Å². The van der Waals surface area contributed by atoms with Gasteiger partial charge in [0.2, 0.25) is 11.8 Å². The lowest BCUT2D eigenvalue weighted by atomic mass is 10.0. The second-order valence-corrected chi connectivity index (χ2v) is 6.22. The zero-order chi connectivity index (χ0) is 14.0. The number of likely N-dealkylation sites (tertiary alicyclic amines) is 1. The summed E-state index contributed by atoms with van der Waals surface area (Å²) in [6.45, 7) is 10.4. The van der Waals surface area contributed by atoms with E-state index in [1.807, 2.05) is 4.90 Å². The zero-order valence-electron chi connectivity index (χ0n) is 12.2. The van der Waals surface area contributed by atoms with Crippen LogP contribution in [0.4, 0.5) is 0 Å². The van der Waals surface area contributed by atoms with E-state index in [4.69, 9.17) is 0 Å². The van der Waals surface area contributed by atoms with E-state index >= 15 is 0 Å². The zero-order valence-corrected chi connectivity index (χ0v) is 12.2. The number of carbonyl (C=O) groups excluding carboxylic acids is 2. The average molecular weight is 267 g/mol. The van der Waals surface area contributed by atoms with Gasteiger partial charge in [0.1, 0.15) is 5.54 Å². The van der Waals surface area contributed by atoms with Crippen LogP contribution in [0.3, 0.4) is 0 Å². The Kier molecular flexibility index (Phi) is 4.13. The Morgan fingerprint density at radius 3 is 2.68 bits per heavy atom. The van der Waals surface area contributed by atoms with Crippen molar-refractivity contribution in [3.8, 4) is 0 Å². The molecule has 2 fully saturated rings. The van der Waals surface area contributed by atoms with Crippen LogP contribution in [-0.2, 0) is 9.59 Å². The maximum Gasteiger partial charge on any atom is 0.247 e. The number of hydrogen-bond donors (Lipinski definition) is 1. The Bertz CT molecular complexity index is 368. The Balaban J connectivity index is 1.99. The first kappa shape index (κ1) is 14.3. The molecule has 0 radical (unpaired) electrons. The van der Waals surface area contributed by atoms with Gasteiger partial charge < -0.3 is 15.1 Å². The molecule has 2 saturated heterocycles. The topological polar surface area (TPSA) is 52.6 Å². The molecule has 2 aliphatic heterocycles. The lowest BCUT2D eigenvalue weighted by molar-refractivity contribution is -0.137. The highest BCUT2D eigenvalue weighted by atomic mass is 16.2. The smallest absolute Gasteiger partial charge is 0.247 e. The van der Waals surface area contributed by atoms with E-state index < -0.39 is 5.54 Å². The normalized spacial score (nSPS) is 28.4. The van der Waals surface area contributed by atoms with Gasteiger partial charge in [-0.2, -0.15) is 0 Å². The van der Waals surface area contributed by atoms with Crippen LogP contribution < -0.4 is 5.32 Å². The average Bonchev–Trinajstić information content (AvgIpc) is 2.77. The summed E-state index contributed by atoms with van der Waals surface area (Å²) in [4.78, 5) is 28.4. The summed E-state index contributed by atoms with van der Waals surface area (Å²) in [7, 11) is 0. The molecule has 108 valence electrons. The number of nitrogens with one attached hydrogen (secondary N) is 1. The largest absolute Gasteiger partial charge is 0.342 e. The molecule has 2 amide bonds. The second-order valence-electron chi connectivity index (χ2n) is 6.22. The van der Waals surface area contributed by atoms with Crippen molar-refractivity contribution >= 4 is 11.8 Å². The third-order valence-corrected chi connectivity index (χ3v) is 4.18. The molecule has 5 nitrogen and oxygen atoms in total. The lowest BCUT2D eigenvalue weighted by Gasteiger charge is -2.30.